The van der Waals surface area contributed by atoms with Gasteiger partial charge in [-0.15, -0.1) is 0 Å². The van der Waals surface area contributed by atoms with Gasteiger partial charge < -0.3 is 14.6 Å². The molecule has 4 rings (SSSR count). The molecule has 1 aromatic heterocycles. The molecular formula is C25H23FN4O4S. The normalized spacial score (nSPS) is 11.1. The fourth-order valence-electron chi connectivity index (χ4n) is 3.38. The van der Waals surface area contributed by atoms with Crippen molar-refractivity contribution in [1.82, 2.24) is 14.9 Å². The largest absolute Gasteiger partial charge is 0.497 e. The molecule has 0 aliphatic heterocycles. The third kappa shape index (κ3) is 5.67. The van der Waals surface area contributed by atoms with Gasteiger partial charge in [-0.3, -0.25) is 9.10 Å². The smallest absolute Gasteiger partial charge is 0.264 e. The number of anilines is 1. The first-order valence-electron chi connectivity index (χ1n) is 10.6. The van der Waals surface area contributed by atoms with Gasteiger partial charge in [0, 0.05) is 24.6 Å². The molecule has 1 N–H and O–H groups in total. The second kappa shape index (κ2) is 10.4. The van der Waals surface area contributed by atoms with Crippen LogP contribution < -0.4 is 14.4 Å². The molecule has 0 fully saturated rings. The lowest BCUT2D eigenvalue weighted by molar-refractivity contribution is -0.119. The number of sulfonamides is 1. The van der Waals surface area contributed by atoms with Crippen molar-refractivity contribution in [3.63, 3.8) is 0 Å². The number of nitrogens with one attached hydrogen (secondary N) is 1. The molecule has 0 unspecified atom stereocenters. The lowest BCUT2D eigenvalue weighted by atomic mass is 10.2. The maximum atomic E-state index is 13.5. The molecule has 0 spiro atoms. The fourth-order valence-corrected chi connectivity index (χ4v) is 4.80. The summed E-state index contributed by atoms with van der Waals surface area (Å²) in [5, 5.41) is 2.75. The van der Waals surface area contributed by atoms with Crippen LogP contribution in [0.3, 0.4) is 0 Å². The first-order valence-corrected chi connectivity index (χ1v) is 12.1. The van der Waals surface area contributed by atoms with Crippen LogP contribution in [-0.4, -0.2) is 37.5 Å². The molecule has 0 atom stereocenters. The number of hydrogen-bond donors (Lipinski definition) is 1. The molecule has 4 aromatic rings. The summed E-state index contributed by atoms with van der Waals surface area (Å²) < 4.78 is 48.1. The van der Waals surface area contributed by atoms with E-state index in [9.17, 15) is 17.6 Å². The van der Waals surface area contributed by atoms with Crippen molar-refractivity contribution < 1.29 is 22.3 Å². The van der Waals surface area contributed by atoms with Crippen molar-refractivity contribution in [3.05, 3.63) is 103 Å². The molecule has 1 amide bonds. The van der Waals surface area contributed by atoms with Gasteiger partial charge in [0.2, 0.25) is 5.91 Å². The number of rotatable bonds is 9. The molecule has 0 radical (unpaired) electrons. The molecule has 35 heavy (non-hydrogen) atoms. The zero-order chi connectivity index (χ0) is 24.8. The molecule has 0 saturated heterocycles. The first-order chi connectivity index (χ1) is 16.9. The Balaban J connectivity index is 1.50. The Labute approximate surface area is 202 Å². The predicted octanol–water partition coefficient (Wildman–Crippen LogP) is 3.53. The summed E-state index contributed by atoms with van der Waals surface area (Å²) >= 11 is 0. The van der Waals surface area contributed by atoms with Gasteiger partial charge in [-0.1, -0.05) is 12.1 Å². The summed E-state index contributed by atoms with van der Waals surface area (Å²) in [6.45, 7) is -0.268. The van der Waals surface area contributed by atoms with Gasteiger partial charge >= 0.3 is 0 Å². The van der Waals surface area contributed by atoms with Crippen LogP contribution in [0.1, 0.15) is 5.56 Å². The number of methoxy groups -OCH3 is 1. The highest BCUT2D eigenvalue weighted by Crippen LogP contribution is 2.25. The minimum absolute atomic E-state index is 0.0227. The number of ether oxygens (including phenoxy) is 1. The van der Waals surface area contributed by atoms with Crippen LogP contribution in [0.5, 0.6) is 5.75 Å². The summed E-state index contributed by atoms with van der Waals surface area (Å²) in [6, 6.07) is 18.3. The van der Waals surface area contributed by atoms with Crippen LogP contribution >= 0.6 is 0 Å². The Morgan fingerprint density at radius 2 is 1.71 bits per heavy atom. The molecule has 1 heterocycles. The number of aromatic nitrogens is 2. The van der Waals surface area contributed by atoms with E-state index in [0.29, 0.717) is 5.75 Å². The van der Waals surface area contributed by atoms with E-state index in [4.69, 9.17) is 4.74 Å². The Bertz CT molecular complexity index is 1370. The highest BCUT2D eigenvalue weighted by Gasteiger charge is 2.27. The number of halogens is 1. The second-order valence-corrected chi connectivity index (χ2v) is 9.44. The van der Waals surface area contributed by atoms with Crippen molar-refractivity contribution in [2.75, 3.05) is 18.0 Å². The number of benzene rings is 3. The van der Waals surface area contributed by atoms with Gasteiger partial charge in [-0.05, 0) is 66.2 Å². The van der Waals surface area contributed by atoms with Crippen molar-refractivity contribution >= 4 is 21.6 Å². The molecular weight excluding hydrogens is 471 g/mol. The van der Waals surface area contributed by atoms with E-state index in [2.05, 4.69) is 10.3 Å². The highest BCUT2D eigenvalue weighted by atomic mass is 32.2. The average Bonchev–Trinajstić information content (AvgIpc) is 3.42. The van der Waals surface area contributed by atoms with Crippen LogP contribution in [0.4, 0.5) is 10.1 Å². The van der Waals surface area contributed by atoms with Gasteiger partial charge in [-0.2, -0.15) is 0 Å². The number of carbonyl (C=O) groups excluding carboxylic acids is 1. The van der Waals surface area contributed by atoms with E-state index in [1.54, 1.807) is 12.5 Å². The van der Waals surface area contributed by atoms with E-state index >= 15 is 0 Å². The average molecular weight is 495 g/mol. The van der Waals surface area contributed by atoms with Crippen LogP contribution in [0.15, 0.2) is 96.4 Å². The third-order valence-corrected chi connectivity index (χ3v) is 7.07. The van der Waals surface area contributed by atoms with E-state index < -0.39 is 28.3 Å². The monoisotopic (exact) mass is 494 g/mol. The molecule has 8 nitrogen and oxygen atoms in total. The van der Waals surface area contributed by atoms with Crippen LogP contribution in [0.2, 0.25) is 0 Å². The zero-order valence-electron chi connectivity index (χ0n) is 18.8. The molecule has 0 saturated carbocycles. The Hall–Kier alpha value is -4.18. The summed E-state index contributed by atoms with van der Waals surface area (Å²) in [7, 11) is -2.64. The molecule has 0 aliphatic carbocycles. The third-order valence-electron chi connectivity index (χ3n) is 5.28. The Morgan fingerprint density at radius 3 is 2.31 bits per heavy atom. The Morgan fingerprint density at radius 1 is 1.03 bits per heavy atom. The zero-order valence-corrected chi connectivity index (χ0v) is 19.7. The van der Waals surface area contributed by atoms with Crippen molar-refractivity contribution in [2.24, 2.45) is 0 Å². The molecule has 0 bridgehead atoms. The number of imidazole rings is 1. The van der Waals surface area contributed by atoms with Crippen LogP contribution in [-0.2, 0) is 21.4 Å². The minimum atomic E-state index is -4.11. The van der Waals surface area contributed by atoms with Gasteiger partial charge in [0.05, 0.1) is 24.0 Å². The summed E-state index contributed by atoms with van der Waals surface area (Å²) in [4.78, 5) is 16.8. The fraction of sp³-hybridized carbons (Fsp3) is 0.120. The standard InChI is InChI=1S/C25H23FN4O4S/c1-34-23-10-12-24(13-11-23)35(32,33)30(22-8-4-20(26)5-9-22)17-25(31)28-16-19-2-6-21(7-3-19)29-15-14-27-18-29/h2-15,18H,16-17H2,1H3,(H,28,31). The van der Waals surface area contributed by atoms with E-state index in [1.807, 2.05) is 35.0 Å². The van der Waals surface area contributed by atoms with Crippen LogP contribution in [0, 0.1) is 5.82 Å². The number of amides is 1. The maximum Gasteiger partial charge on any atom is 0.264 e. The van der Waals surface area contributed by atoms with Gasteiger partial charge in [-0.25, -0.2) is 17.8 Å². The van der Waals surface area contributed by atoms with E-state index in [-0.39, 0.29) is 17.1 Å². The summed E-state index contributed by atoms with van der Waals surface area (Å²) in [5.41, 5.74) is 1.93. The summed E-state index contributed by atoms with van der Waals surface area (Å²) in [6.07, 6.45) is 5.19. The quantitative estimate of drug-likeness (QED) is 0.384. The summed E-state index contributed by atoms with van der Waals surface area (Å²) in [5.74, 6) is -0.529. The molecule has 0 aliphatic rings. The van der Waals surface area contributed by atoms with E-state index in [1.165, 1.54) is 43.5 Å². The minimum Gasteiger partial charge on any atom is -0.497 e. The number of nitrogens with zero attached hydrogens (tertiary/aromatic N) is 3. The van der Waals surface area contributed by atoms with Crippen molar-refractivity contribution in [1.29, 1.82) is 0 Å². The highest BCUT2D eigenvalue weighted by molar-refractivity contribution is 7.92. The lowest BCUT2D eigenvalue weighted by Gasteiger charge is -2.24. The Kier molecular flexibility index (Phi) is 7.11. The van der Waals surface area contributed by atoms with Gasteiger partial charge in [0.25, 0.3) is 10.0 Å². The molecule has 10 heteroatoms. The van der Waals surface area contributed by atoms with Gasteiger partial charge in [0.15, 0.2) is 0 Å². The van der Waals surface area contributed by atoms with Crippen molar-refractivity contribution in [2.45, 2.75) is 11.4 Å². The van der Waals surface area contributed by atoms with Crippen LogP contribution in [0.25, 0.3) is 5.69 Å². The topological polar surface area (TPSA) is 93.5 Å². The van der Waals surface area contributed by atoms with E-state index in [0.717, 1.165) is 27.7 Å². The van der Waals surface area contributed by atoms with Gasteiger partial charge in [0.1, 0.15) is 18.1 Å². The van der Waals surface area contributed by atoms with Crippen molar-refractivity contribution in [3.8, 4) is 11.4 Å². The first kappa shape index (κ1) is 24.0. The maximum absolute atomic E-state index is 13.5. The predicted molar refractivity (Wildman–Crippen MR) is 129 cm³/mol. The number of hydrogen-bond acceptors (Lipinski definition) is 5. The molecule has 180 valence electrons. The second-order valence-electron chi connectivity index (χ2n) is 7.58. The number of carbonyl (C=O) groups is 1. The SMILES string of the molecule is COc1ccc(S(=O)(=O)N(CC(=O)NCc2ccc(-n3ccnc3)cc2)c2ccc(F)cc2)cc1. The lowest BCUT2D eigenvalue weighted by Crippen LogP contribution is -2.40. The molecule has 3 aromatic carbocycles.